The molecule has 2 heterocycles. The number of para-hydroxylation sites is 1. The molecule has 162 valence electrons. The first-order valence-corrected chi connectivity index (χ1v) is 12.4. The number of piperidine rings is 1. The topological polar surface area (TPSA) is 63.1 Å². The summed E-state index contributed by atoms with van der Waals surface area (Å²) in [5.41, 5.74) is 1.06. The second kappa shape index (κ2) is 11.0. The van der Waals surface area contributed by atoms with Crippen LogP contribution in [-0.4, -0.2) is 51.0 Å². The van der Waals surface area contributed by atoms with Crippen LogP contribution in [0.1, 0.15) is 57.2 Å². The van der Waals surface area contributed by atoms with Crippen LogP contribution in [-0.2, 0) is 11.3 Å². The number of nitrogens with one attached hydrogen (secondary N) is 1. The molecule has 1 aliphatic carbocycles. The number of benzene rings is 1. The van der Waals surface area contributed by atoms with Crippen LogP contribution in [0, 0.1) is 5.92 Å². The van der Waals surface area contributed by atoms with E-state index in [2.05, 4.69) is 37.1 Å². The van der Waals surface area contributed by atoms with Crippen molar-refractivity contribution in [1.29, 1.82) is 0 Å². The highest BCUT2D eigenvalue weighted by atomic mass is 32.2. The number of rotatable bonds is 8. The average Bonchev–Trinajstić information content (AvgIpc) is 3.20. The molecular weight excluding hydrogens is 394 g/mol. The summed E-state index contributed by atoms with van der Waals surface area (Å²) in [6.07, 6.45) is 10.3. The lowest BCUT2D eigenvalue weighted by Gasteiger charge is -2.26. The number of carbonyl (C=O) groups excluding carboxylic acids is 1. The van der Waals surface area contributed by atoms with Crippen molar-refractivity contribution in [3.8, 4) is 5.69 Å². The second-order valence-electron chi connectivity index (χ2n) is 8.50. The molecule has 7 heteroatoms. The Balaban J connectivity index is 1.39. The molecule has 0 atom stereocenters. The summed E-state index contributed by atoms with van der Waals surface area (Å²) < 4.78 is 2.12. The van der Waals surface area contributed by atoms with Gasteiger partial charge in [-0.15, -0.1) is 10.2 Å². The van der Waals surface area contributed by atoms with Gasteiger partial charge in [-0.1, -0.05) is 55.6 Å². The van der Waals surface area contributed by atoms with Crippen LogP contribution in [0.4, 0.5) is 0 Å². The summed E-state index contributed by atoms with van der Waals surface area (Å²) in [7, 11) is 0. The van der Waals surface area contributed by atoms with Gasteiger partial charge in [-0.25, -0.2) is 0 Å². The van der Waals surface area contributed by atoms with Crippen molar-refractivity contribution in [1.82, 2.24) is 25.0 Å². The first-order valence-electron chi connectivity index (χ1n) is 11.4. The lowest BCUT2D eigenvalue weighted by molar-refractivity contribution is -0.118. The molecular formula is C23H33N5OS. The fourth-order valence-corrected chi connectivity index (χ4v) is 5.28. The Hall–Kier alpha value is -1.86. The number of hydrogen-bond acceptors (Lipinski definition) is 5. The third-order valence-electron chi connectivity index (χ3n) is 6.17. The number of amides is 1. The van der Waals surface area contributed by atoms with E-state index in [1.165, 1.54) is 63.1 Å². The number of hydrogen-bond donors (Lipinski definition) is 1. The SMILES string of the molecule is O=C(CSc1nnc(CN2CCCCC2)n1-c1ccccc1)NCC1CCCCC1. The maximum Gasteiger partial charge on any atom is 0.230 e. The molecule has 0 radical (unpaired) electrons. The number of nitrogens with zero attached hydrogens (tertiary/aromatic N) is 4. The predicted octanol–water partition coefficient (Wildman–Crippen LogP) is 4.04. The lowest BCUT2D eigenvalue weighted by atomic mass is 9.89. The largest absolute Gasteiger partial charge is 0.355 e. The van der Waals surface area contributed by atoms with E-state index >= 15 is 0 Å². The minimum Gasteiger partial charge on any atom is -0.355 e. The van der Waals surface area contributed by atoms with Crippen LogP contribution < -0.4 is 5.32 Å². The quantitative estimate of drug-likeness (QED) is 0.644. The summed E-state index contributed by atoms with van der Waals surface area (Å²) in [5, 5.41) is 12.9. The Kier molecular flexibility index (Phi) is 7.81. The molecule has 1 aromatic heterocycles. The van der Waals surface area contributed by atoms with Crippen LogP contribution >= 0.6 is 11.8 Å². The maximum atomic E-state index is 12.4. The molecule has 30 heavy (non-hydrogen) atoms. The Labute approximate surface area is 183 Å². The van der Waals surface area contributed by atoms with Gasteiger partial charge < -0.3 is 5.32 Å². The molecule has 1 saturated heterocycles. The molecule has 1 aromatic carbocycles. The van der Waals surface area contributed by atoms with Crippen molar-refractivity contribution in [2.45, 2.75) is 63.1 Å². The van der Waals surface area contributed by atoms with Gasteiger partial charge in [-0.2, -0.15) is 0 Å². The van der Waals surface area contributed by atoms with Crippen molar-refractivity contribution in [3.05, 3.63) is 36.2 Å². The van der Waals surface area contributed by atoms with E-state index in [0.717, 1.165) is 42.8 Å². The Morgan fingerprint density at radius 2 is 1.73 bits per heavy atom. The van der Waals surface area contributed by atoms with E-state index in [1.807, 2.05) is 18.2 Å². The van der Waals surface area contributed by atoms with Crippen molar-refractivity contribution in [2.75, 3.05) is 25.4 Å². The third-order valence-corrected chi connectivity index (χ3v) is 7.10. The molecule has 1 saturated carbocycles. The van der Waals surface area contributed by atoms with Gasteiger partial charge in [-0.05, 0) is 56.8 Å². The summed E-state index contributed by atoms with van der Waals surface area (Å²) >= 11 is 1.48. The first-order chi connectivity index (χ1) is 14.8. The zero-order valence-corrected chi connectivity index (χ0v) is 18.6. The van der Waals surface area contributed by atoms with Crippen molar-refractivity contribution in [2.24, 2.45) is 5.92 Å². The van der Waals surface area contributed by atoms with Gasteiger partial charge in [0.2, 0.25) is 5.91 Å². The third kappa shape index (κ3) is 5.85. The van der Waals surface area contributed by atoms with Gasteiger partial charge in [0.25, 0.3) is 0 Å². The Morgan fingerprint density at radius 1 is 1.00 bits per heavy atom. The Bertz CT molecular complexity index is 797. The van der Waals surface area contributed by atoms with Crippen LogP contribution in [0.5, 0.6) is 0 Å². The monoisotopic (exact) mass is 427 g/mol. The zero-order valence-electron chi connectivity index (χ0n) is 17.8. The minimum absolute atomic E-state index is 0.0887. The standard InChI is InChI=1S/C23H33N5OS/c29-22(24-16-19-10-4-1-5-11-19)18-30-23-26-25-21(17-27-14-8-3-9-15-27)28(23)20-12-6-2-7-13-20/h2,6-7,12-13,19H,1,3-5,8-11,14-18H2,(H,24,29). The highest BCUT2D eigenvalue weighted by Crippen LogP contribution is 2.25. The van der Waals surface area contributed by atoms with Crippen molar-refractivity contribution in [3.63, 3.8) is 0 Å². The van der Waals surface area contributed by atoms with Gasteiger partial charge in [-0.3, -0.25) is 14.3 Å². The number of likely N-dealkylation sites (tertiary alicyclic amines) is 1. The molecule has 1 aliphatic heterocycles. The maximum absolute atomic E-state index is 12.4. The van der Waals surface area contributed by atoms with Gasteiger partial charge in [0.1, 0.15) is 0 Å². The van der Waals surface area contributed by atoms with Crippen LogP contribution in [0.15, 0.2) is 35.5 Å². The van der Waals surface area contributed by atoms with Crippen LogP contribution in [0.3, 0.4) is 0 Å². The summed E-state index contributed by atoms with van der Waals surface area (Å²) in [5.74, 6) is 2.07. The second-order valence-corrected chi connectivity index (χ2v) is 9.45. The summed E-state index contributed by atoms with van der Waals surface area (Å²) in [6.45, 7) is 3.85. The van der Waals surface area contributed by atoms with Crippen LogP contribution in [0.25, 0.3) is 5.69 Å². The number of carbonyl (C=O) groups is 1. The van der Waals surface area contributed by atoms with Crippen LogP contribution in [0.2, 0.25) is 0 Å². The summed E-state index contributed by atoms with van der Waals surface area (Å²) in [4.78, 5) is 14.9. The van der Waals surface area contributed by atoms with Gasteiger partial charge in [0, 0.05) is 12.2 Å². The fraction of sp³-hybridized carbons (Fsp3) is 0.609. The van der Waals surface area contributed by atoms with E-state index in [0.29, 0.717) is 11.7 Å². The Morgan fingerprint density at radius 3 is 2.50 bits per heavy atom. The lowest BCUT2D eigenvalue weighted by Crippen LogP contribution is -2.31. The molecule has 2 fully saturated rings. The molecule has 0 spiro atoms. The molecule has 1 N–H and O–H groups in total. The van der Waals surface area contributed by atoms with Crippen molar-refractivity contribution < 1.29 is 4.79 Å². The molecule has 6 nitrogen and oxygen atoms in total. The van der Waals surface area contributed by atoms with E-state index in [-0.39, 0.29) is 5.91 Å². The molecule has 1 amide bonds. The van der Waals surface area contributed by atoms with Crippen molar-refractivity contribution >= 4 is 17.7 Å². The molecule has 4 rings (SSSR count). The minimum atomic E-state index is 0.0887. The smallest absolute Gasteiger partial charge is 0.230 e. The zero-order chi connectivity index (χ0) is 20.6. The fourth-order valence-electron chi connectivity index (χ4n) is 4.48. The van der Waals surface area contributed by atoms with E-state index in [1.54, 1.807) is 0 Å². The van der Waals surface area contributed by atoms with Gasteiger partial charge in [0.15, 0.2) is 11.0 Å². The molecule has 0 unspecified atom stereocenters. The highest BCUT2D eigenvalue weighted by Gasteiger charge is 2.20. The van der Waals surface area contributed by atoms with E-state index in [4.69, 9.17) is 0 Å². The van der Waals surface area contributed by atoms with E-state index < -0.39 is 0 Å². The number of aromatic nitrogens is 3. The molecule has 2 aliphatic rings. The molecule has 2 aromatic rings. The summed E-state index contributed by atoms with van der Waals surface area (Å²) in [6, 6.07) is 10.2. The van der Waals surface area contributed by atoms with Gasteiger partial charge in [0.05, 0.1) is 12.3 Å². The number of thioether (sulfide) groups is 1. The highest BCUT2D eigenvalue weighted by molar-refractivity contribution is 7.99. The average molecular weight is 428 g/mol. The van der Waals surface area contributed by atoms with E-state index in [9.17, 15) is 4.79 Å². The molecule has 0 bridgehead atoms. The normalized spacial score (nSPS) is 18.4. The first kappa shape index (κ1) is 21.4. The predicted molar refractivity (Wildman–Crippen MR) is 121 cm³/mol. The van der Waals surface area contributed by atoms with Gasteiger partial charge >= 0.3 is 0 Å².